The normalized spacial score (nSPS) is 20.9. The molecule has 156 valence electrons. The number of fused-ring (bicyclic) bond motifs is 4. The van der Waals surface area contributed by atoms with Crippen molar-refractivity contribution < 1.29 is 22.7 Å². The summed E-state index contributed by atoms with van der Waals surface area (Å²) in [6.45, 7) is 2.17. The molecule has 0 unspecified atom stereocenters. The summed E-state index contributed by atoms with van der Waals surface area (Å²) in [6, 6.07) is 4.56. The number of H-pyrrole nitrogens is 1. The molecule has 0 aliphatic carbocycles. The van der Waals surface area contributed by atoms with Crippen molar-refractivity contribution in [2.75, 3.05) is 13.2 Å². The predicted molar refractivity (Wildman–Crippen MR) is 97.3 cm³/mol. The largest absolute Gasteiger partial charge is 0.416 e. The number of rotatable bonds is 2. The number of nitrogens with zero attached hydrogens (tertiary/aromatic N) is 5. The first-order valence-corrected chi connectivity index (χ1v) is 9.36. The van der Waals surface area contributed by atoms with E-state index in [4.69, 9.17) is 4.74 Å². The van der Waals surface area contributed by atoms with Gasteiger partial charge in [0, 0.05) is 18.3 Å². The number of halogens is 3. The number of nitrogens with one attached hydrogen (secondary N) is 1. The average molecular weight is 418 g/mol. The molecule has 5 rings (SSSR count). The van der Waals surface area contributed by atoms with E-state index >= 15 is 0 Å². The fourth-order valence-electron chi connectivity index (χ4n) is 4.22. The fraction of sp³-hybridized carbons (Fsp3) is 0.368. The Bertz CT molecular complexity index is 1110. The number of amides is 1. The second-order valence-electron chi connectivity index (χ2n) is 7.36. The minimum Gasteiger partial charge on any atom is -0.377 e. The number of carbonyl (C=O) groups is 1. The van der Waals surface area contributed by atoms with Crippen LogP contribution in [0.1, 0.15) is 33.4 Å². The van der Waals surface area contributed by atoms with Crippen LogP contribution in [0.3, 0.4) is 0 Å². The van der Waals surface area contributed by atoms with E-state index in [0.29, 0.717) is 23.9 Å². The van der Waals surface area contributed by atoms with E-state index in [9.17, 15) is 18.0 Å². The van der Waals surface area contributed by atoms with Crippen LogP contribution in [-0.2, 0) is 17.5 Å². The molecule has 1 aromatic carbocycles. The van der Waals surface area contributed by atoms with Crippen molar-refractivity contribution >= 4 is 5.91 Å². The molecule has 8 nitrogen and oxygen atoms in total. The summed E-state index contributed by atoms with van der Waals surface area (Å²) in [5, 5.41) is 15.3. The van der Waals surface area contributed by atoms with Crippen LogP contribution in [0, 0.1) is 6.92 Å². The zero-order valence-electron chi connectivity index (χ0n) is 15.8. The Morgan fingerprint density at radius 3 is 2.80 bits per heavy atom. The van der Waals surface area contributed by atoms with Gasteiger partial charge in [-0.05, 0) is 30.7 Å². The molecule has 2 bridgehead atoms. The monoisotopic (exact) mass is 418 g/mol. The van der Waals surface area contributed by atoms with Gasteiger partial charge in [-0.15, -0.1) is 10.2 Å². The van der Waals surface area contributed by atoms with Crippen molar-refractivity contribution in [3.63, 3.8) is 0 Å². The van der Waals surface area contributed by atoms with Gasteiger partial charge in [0.15, 0.2) is 11.6 Å². The molecule has 1 fully saturated rings. The maximum atomic E-state index is 13.4. The van der Waals surface area contributed by atoms with Gasteiger partial charge in [0.05, 0.1) is 24.8 Å². The molecule has 2 aliphatic heterocycles. The van der Waals surface area contributed by atoms with E-state index in [1.807, 2.05) is 4.57 Å². The quantitative estimate of drug-likeness (QED) is 0.691. The zero-order chi connectivity index (χ0) is 21.0. The summed E-state index contributed by atoms with van der Waals surface area (Å²) in [6.07, 6.45) is -2.92. The van der Waals surface area contributed by atoms with E-state index in [0.717, 1.165) is 6.07 Å². The lowest BCUT2D eigenvalue weighted by molar-refractivity contribution is -0.138. The lowest BCUT2D eigenvalue weighted by Crippen LogP contribution is -2.56. The summed E-state index contributed by atoms with van der Waals surface area (Å²) in [4.78, 5) is 15.0. The summed E-state index contributed by atoms with van der Waals surface area (Å²) < 4.78 is 47.5. The van der Waals surface area contributed by atoms with Crippen LogP contribution in [0.2, 0.25) is 0 Å². The van der Waals surface area contributed by atoms with Crippen LogP contribution in [0.4, 0.5) is 13.2 Å². The van der Waals surface area contributed by atoms with Crippen LogP contribution < -0.4 is 0 Å². The highest BCUT2D eigenvalue weighted by atomic mass is 19.4. The third-order valence-electron chi connectivity index (χ3n) is 5.63. The molecule has 1 saturated heterocycles. The molecule has 2 aromatic heterocycles. The third-order valence-corrected chi connectivity index (χ3v) is 5.63. The second kappa shape index (κ2) is 6.66. The van der Waals surface area contributed by atoms with Gasteiger partial charge < -0.3 is 14.2 Å². The van der Waals surface area contributed by atoms with Crippen molar-refractivity contribution in [1.82, 2.24) is 29.9 Å². The van der Waals surface area contributed by atoms with Gasteiger partial charge in [0.1, 0.15) is 11.7 Å². The average Bonchev–Trinajstić information content (AvgIpc) is 3.35. The highest BCUT2D eigenvalue weighted by molar-refractivity contribution is 5.96. The van der Waals surface area contributed by atoms with Crippen molar-refractivity contribution in [2.45, 2.75) is 31.7 Å². The summed E-state index contributed by atoms with van der Waals surface area (Å²) in [5.41, 5.74) is -0.166. The molecular weight excluding hydrogens is 401 g/mol. The van der Waals surface area contributed by atoms with Gasteiger partial charge in [-0.1, -0.05) is 6.07 Å². The molecule has 1 amide bonds. The zero-order valence-corrected chi connectivity index (χ0v) is 15.8. The van der Waals surface area contributed by atoms with E-state index < -0.39 is 23.7 Å². The van der Waals surface area contributed by atoms with Crippen LogP contribution >= 0.6 is 0 Å². The number of alkyl halides is 3. The molecule has 1 N–H and O–H groups in total. The maximum Gasteiger partial charge on any atom is 0.416 e. The van der Waals surface area contributed by atoms with Gasteiger partial charge in [-0.3, -0.25) is 9.89 Å². The number of aromatic amines is 1. The van der Waals surface area contributed by atoms with Crippen molar-refractivity contribution in [2.24, 2.45) is 0 Å². The van der Waals surface area contributed by atoms with Crippen LogP contribution in [0.25, 0.3) is 11.5 Å². The Morgan fingerprint density at radius 1 is 1.23 bits per heavy atom. The molecule has 2 aliphatic rings. The van der Waals surface area contributed by atoms with Crippen molar-refractivity contribution in [3.05, 3.63) is 53.0 Å². The highest BCUT2D eigenvalue weighted by Crippen LogP contribution is 2.38. The maximum absolute atomic E-state index is 13.4. The number of morpholine rings is 1. The van der Waals surface area contributed by atoms with Crippen molar-refractivity contribution in [1.29, 1.82) is 0 Å². The first kappa shape index (κ1) is 18.8. The number of aromatic nitrogens is 5. The SMILES string of the molecule is Cc1c(C(=O)N2[C@H]3COC[C@@H]2c2nnc(-c4ccn[nH]4)n2C3)cccc1C(F)(F)F. The molecule has 2 atom stereocenters. The van der Waals surface area contributed by atoms with E-state index in [1.165, 1.54) is 19.1 Å². The summed E-state index contributed by atoms with van der Waals surface area (Å²) in [5.74, 6) is 0.671. The van der Waals surface area contributed by atoms with E-state index in [2.05, 4.69) is 20.4 Å². The lowest BCUT2D eigenvalue weighted by Gasteiger charge is -2.45. The number of carbonyl (C=O) groups excluding carboxylic acids is 1. The highest BCUT2D eigenvalue weighted by Gasteiger charge is 2.44. The Balaban J connectivity index is 1.55. The minimum atomic E-state index is -4.53. The standard InChI is InChI=1S/C19H17F3N6O2/c1-10-12(3-2-4-13(10)19(20,21)22)18(29)28-11-7-27-16(14-5-6-23-24-14)25-26-17(27)15(28)9-30-8-11/h2-6,11,15H,7-9H2,1H3,(H,23,24)/t11-,15-/m1/s1. The first-order valence-electron chi connectivity index (χ1n) is 9.36. The van der Waals surface area contributed by atoms with E-state index in [1.54, 1.807) is 17.2 Å². The molecular formula is C19H17F3N6O2. The van der Waals surface area contributed by atoms with Gasteiger partial charge in [-0.25, -0.2) is 0 Å². The van der Waals surface area contributed by atoms with Crippen LogP contribution in [0.5, 0.6) is 0 Å². The van der Waals surface area contributed by atoms with E-state index in [-0.39, 0.29) is 30.4 Å². The third kappa shape index (κ3) is 2.80. The van der Waals surface area contributed by atoms with Crippen molar-refractivity contribution in [3.8, 4) is 11.5 Å². The number of benzene rings is 1. The molecule has 0 spiro atoms. The molecule has 0 saturated carbocycles. The molecule has 4 heterocycles. The Hall–Kier alpha value is -3.21. The number of ether oxygens (including phenoxy) is 1. The smallest absolute Gasteiger partial charge is 0.377 e. The van der Waals surface area contributed by atoms with Crippen LogP contribution in [-0.4, -0.2) is 55.0 Å². The Labute approximate surface area is 168 Å². The lowest BCUT2D eigenvalue weighted by atomic mass is 9.97. The van der Waals surface area contributed by atoms with Gasteiger partial charge in [0.25, 0.3) is 5.91 Å². The Morgan fingerprint density at radius 2 is 2.07 bits per heavy atom. The topological polar surface area (TPSA) is 88.9 Å². The number of hydrogen-bond acceptors (Lipinski definition) is 5. The summed E-state index contributed by atoms with van der Waals surface area (Å²) >= 11 is 0. The molecule has 11 heteroatoms. The minimum absolute atomic E-state index is 0.0310. The first-order chi connectivity index (χ1) is 14.4. The second-order valence-corrected chi connectivity index (χ2v) is 7.36. The molecule has 30 heavy (non-hydrogen) atoms. The van der Waals surface area contributed by atoms with Gasteiger partial charge in [0.2, 0.25) is 0 Å². The predicted octanol–water partition coefficient (Wildman–Crippen LogP) is 2.59. The summed E-state index contributed by atoms with van der Waals surface area (Å²) in [7, 11) is 0. The van der Waals surface area contributed by atoms with Gasteiger partial charge in [-0.2, -0.15) is 18.3 Å². The molecule has 3 aromatic rings. The fourth-order valence-corrected chi connectivity index (χ4v) is 4.22. The number of hydrogen-bond donors (Lipinski definition) is 1. The van der Waals surface area contributed by atoms with Gasteiger partial charge >= 0.3 is 6.18 Å². The Kier molecular flexibility index (Phi) is 4.17. The van der Waals surface area contributed by atoms with Crippen LogP contribution in [0.15, 0.2) is 30.5 Å². The molecule has 0 radical (unpaired) electrons.